The van der Waals surface area contributed by atoms with Crippen LogP contribution < -0.4 is 0 Å². The summed E-state index contributed by atoms with van der Waals surface area (Å²) in [6.45, 7) is 9.04. The van der Waals surface area contributed by atoms with Gasteiger partial charge in [-0.1, -0.05) is 24.9 Å². The van der Waals surface area contributed by atoms with Crippen molar-refractivity contribution in [3.8, 4) is 0 Å². The van der Waals surface area contributed by atoms with Crippen LogP contribution in [0.4, 0.5) is 0 Å². The lowest BCUT2D eigenvalue weighted by atomic mass is 10.3. The molecule has 6 heteroatoms. The molecule has 2 heterocycles. The maximum atomic E-state index is 11.5. The smallest absolute Gasteiger partial charge is 0.219 e. The van der Waals surface area contributed by atoms with E-state index in [1.54, 1.807) is 6.92 Å². The maximum absolute atomic E-state index is 11.5. The number of unbranched alkanes of at least 4 members (excludes halogenated alkanes) is 1. The van der Waals surface area contributed by atoms with Gasteiger partial charge in [-0.2, -0.15) is 0 Å². The van der Waals surface area contributed by atoms with Crippen LogP contribution in [0.15, 0.2) is 18.2 Å². The molecular weight excluding hydrogens is 324 g/mol. The Bertz CT molecular complexity index is 719. The molecule has 3 rings (SSSR count). The molecule has 1 aromatic heterocycles. The van der Waals surface area contributed by atoms with Crippen LogP contribution in [0.3, 0.4) is 0 Å². The molecule has 0 saturated carbocycles. The summed E-state index contributed by atoms with van der Waals surface area (Å²) >= 11 is 6.18. The maximum Gasteiger partial charge on any atom is 0.219 e. The van der Waals surface area contributed by atoms with Crippen molar-refractivity contribution in [1.82, 2.24) is 19.4 Å². The number of nitrogens with zero attached hydrogens (tertiary/aromatic N) is 4. The Balaban J connectivity index is 1.79. The van der Waals surface area contributed by atoms with Gasteiger partial charge in [-0.05, 0) is 24.6 Å². The summed E-state index contributed by atoms with van der Waals surface area (Å²) in [5.41, 5.74) is 2.13. The van der Waals surface area contributed by atoms with Crippen molar-refractivity contribution in [2.75, 3.05) is 26.2 Å². The third kappa shape index (κ3) is 3.73. The van der Waals surface area contributed by atoms with Crippen LogP contribution in [0, 0.1) is 0 Å². The van der Waals surface area contributed by atoms with Crippen molar-refractivity contribution in [3.05, 3.63) is 29.0 Å². The molecule has 0 atom stereocenters. The summed E-state index contributed by atoms with van der Waals surface area (Å²) in [5.74, 6) is 1.26. The van der Waals surface area contributed by atoms with E-state index in [2.05, 4.69) is 16.4 Å². The Hall–Kier alpha value is -1.59. The number of amides is 1. The minimum Gasteiger partial charge on any atom is -0.340 e. The SMILES string of the molecule is CCCCn1c(CN2CCN(C(C)=O)CC2)nc2ccc(Cl)cc21. The molecule has 1 fully saturated rings. The van der Waals surface area contributed by atoms with Crippen molar-refractivity contribution in [2.45, 2.75) is 39.8 Å². The summed E-state index contributed by atoms with van der Waals surface area (Å²) in [4.78, 5) is 20.6. The van der Waals surface area contributed by atoms with E-state index in [-0.39, 0.29) is 5.91 Å². The highest BCUT2D eigenvalue weighted by atomic mass is 35.5. The van der Waals surface area contributed by atoms with E-state index < -0.39 is 0 Å². The minimum atomic E-state index is 0.166. The van der Waals surface area contributed by atoms with E-state index in [0.717, 1.165) is 74.0 Å². The summed E-state index contributed by atoms with van der Waals surface area (Å²) in [7, 11) is 0. The fourth-order valence-electron chi connectivity index (χ4n) is 3.25. The second-order valence-corrected chi connectivity index (χ2v) is 6.88. The monoisotopic (exact) mass is 348 g/mol. The lowest BCUT2D eigenvalue weighted by molar-refractivity contribution is -0.130. The van der Waals surface area contributed by atoms with Gasteiger partial charge in [0.05, 0.1) is 17.6 Å². The van der Waals surface area contributed by atoms with Gasteiger partial charge in [0.1, 0.15) is 5.82 Å². The average Bonchev–Trinajstić information content (AvgIpc) is 2.90. The van der Waals surface area contributed by atoms with Crippen LogP contribution >= 0.6 is 11.6 Å². The van der Waals surface area contributed by atoms with Gasteiger partial charge in [-0.25, -0.2) is 4.98 Å². The zero-order valence-electron chi connectivity index (χ0n) is 14.5. The van der Waals surface area contributed by atoms with E-state index in [9.17, 15) is 4.79 Å². The zero-order valence-corrected chi connectivity index (χ0v) is 15.2. The van der Waals surface area contributed by atoms with Crippen LogP contribution in [-0.4, -0.2) is 51.4 Å². The van der Waals surface area contributed by atoms with Crippen molar-refractivity contribution < 1.29 is 4.79 Å². The van der Waals surface area contributed by atoms with Crippen LogP contribution in [-0.2, 0) is 17.9 Å². The molecule has 1 amide bonds. The first kappa shape index (κ1) is 17.2. The molecule has 1 aliphatic rings. The van der Waals surface area contributed by atoms with E-state index in [0.29, 0.717) is 0 Å². The summed E-state index contributed by atoms with van der Waals surface area (Å²) in [6, 6.07) is 5.91. The van der Waals surface area contributed by atoms with Gasteiger partial charge in [-0.3, -0.25) is 9.69 Å². The van der Waals surface area contributed by atoms with E-state index in [1.165, 1.54) is 0 Å². The number of aryl methyl sites for hydroxylation is 1. The normalized spacial score (nSPS) is 16.0. The van der Waals surface area contributed by atoms with Crippen LogP contribution in [0.2, 0.25) is 5.02 Å². The predicted molar refractivity (Wildman–Crippen MR) is 97.2 cm³/mol. The number of carbonyl (C=O) groups excluding carboxylic acids is 1. The number of imidazole rings is 1. The number of rotatable bonds is 5. The second kappa shape index (κ2) is 7.53. The van der Waals surface area contributed by atoms with E-state index >= 15 is 0 Å². The number of benzene rings is 1. The van der Waals surface area contributed by atoms with Gasteiger partial charge in [0, 0.05) is 44.7 Å². The van der Waals surface area contributed by atoms with E-state index in [1.807, 2.05) is 23.1 Å². The molecule has 2 aromatic rings. The van der Waals surface area contributed by atoms with Crippen molar-refractivity contribution in [3.63, 3.8) is 0 Å². The molecule has 5 nitrogen and oxygen atoms in total. The molecule has 0 N–H and O–H groups in total. The molecule has 0 bridgehead atoms. The molecule has 1 aromatic carbocycles. The summed E-state index contributed by atoms with van der Waals surface area (Å²) < 4.78 is 2.31. The highest BCUT2D eigenvalue weighted by molar-refractivity contribution is 6.31. The van der Waals surface area contributed by atoms with Gasteiger partial charge in [0.2, 0.25) is 5.91 Å². The van der Waals surface area contributed by atoms with Gasteiger partial charge in [0.25, 0.3) is 0 Å². The van der Waals surface area contributed by atoms with Crippen molar-refractivity contribution >= 4 is 28.5 Å². The number of halogens is 1. The van der Waals surface area contributed by atoms with Gasteiger partial charge < -0.3 is 9.47 Å². The summed E-state index contributed by atoms with van der Waals surface area (Å²) in [5, 5.41) is 0.752. The first-order valence-corrected chi connectivity index (χ1v) is 9.09. The highest BCUT2D eigenvalue weighted by Gasteiger charge is 2.21. The molecule has 1 aliphatic heterocycles. The predicted octanol–water partition coefficient (Wildman–Crippen LogP) is 3.15. The second-order valence-electron chi connectivity index (χ2n) is 6.45. The Morgan fingerprint density at radius 3 is 2.67 bits per heavy atom. The van der Waals surface area contributed by atoms with Crippen LogP contribution in [0.1, 0.15) is 32.5 Å². The zero-order chi connectivity index (χ0) is 17.1. The standard InChI is InChI=1S/C18H25ClN4O/c1-3-4-7-23-17-12-15(19)5-6-16(17)20-18(23)13-21-8-10-22(11-9-21)14(2)24/h5-6,12H,3-4,7-11,13H2,1-2H3. The number of hydrogen-bond donors (Lipinski definition) is 0. The Morgan fingerprint density at radius 2 is 2.00 bits per heavy atom. The quantitative estimate of drug-likeness (QED) is 0.833. The largest absolute Gasteiger partial charge is 0.340 e. The molecule has 24 heavy (non-hydrogen) atoms. The van der Waals surface area contributed by atoms with Gasteiger partial charge in [0.15, 0.2) is 0 Å². The molecule has 1 saturated heterocycles. The number of piperazine rings is 1. The third-order valence-corrected chi connectivity index (χ3v) is 4.94. The molecule has 0 radical (unpaired) electrons. The minimum absolute atomic E-state index is 0.166. The Kier molecular flexibility index (Phi) is 5.41. The Morgan fingerprint density at radius 1 is 1.25 bits per heavy atom. The van der Waals surface area contributed by atoms with Crippen molar-refractivity contribution in [2.24, 2.45) is 0 Å². The average molecular weight is 349 g/mol. The first-order valence-electron chi connectivity index (χ1n) is 8.71. The fraction of sp³-hybridized carbons (Fsp3) is 0.556. The molecule has 130 valence electrons. The molecule has 0 unspecified atom stereocenters. The summed E-state index contributed by atoms with van der Waals surface area (Å²) in [6.07, 6.45) is 2.28. The lowest BCUT2D eigenvalue weighted by Crippen LogP contribution is -2.47. The van der Waals surface area contributed by atoms with E-state index in [4.69, 9.17) is 16.6 Å². The number of carbonyl (C=O) groups is 1. The van der Waals surface area contributed by atoms with Gasteiger partial charge in [-0.15, -0.1) is 0 Å². The lowest BCUT2D eigenvalue weighted by Gasteiger charge is -2.34. The van der Waals surface area contributed by atoms with Crippen molar-refractivity contribution in [1.29, 1.82) is 0 Å². The van der Waals surface area contributed by atoms with Crippen LogP contribution in [0.5, 0.6) is 0 Å². The first-order chi connectivity index (χ1) is 11.6. The number of hydrogen-bond acceptors (Lipinski definition) is 3. The van der Waals surface area contributed by atoms with Gasteiger partial charge >= 0.3 is 0 Å². The fourth-order valence-corrected chi connectivity index (χ4v) is 3.42. The number of fused-ring (bicyclic) bond motifs is 1. The van der Waals surface area contributed by atoms with Crippen LogP contribution in [0.25, 0.3) is 11.0 Å². The Labute approximate surface area is 148 Å². The molecule has 0 aliphatic carbocycles. The topological polar surface area (TPSA) is 41.4 Å². The highest BCUT2D eigenvalue weighted by Crippen LogP contribution is 2.22. The molecular formula is C18H25ClN4O. The number of aromatic nitrogens is 2. The molecule has 0 spiro atoms. The third-order valence-electron chi connectivity index (χ3n) is 4.71.